The third kappa shape index (κ3) is 4.62. The van der Waals surface area contributed by atoms with Crippen LogP contribution in [0.15, 0.2) is 41.1 Å². The summed E-state index contributed by atoms with van der Waals surface area (Å²) >= 11 is 9.83. The Morgan fingerprint density at radius 3 is 2.97 bits per heavy atom. The number of likely N-dealkylation sites (N-methyl/N-ethyl adjacent to an activating group) is 1. The van der Waals surface area contributed by atoms with Gasteiger partial charge in [-0.25, -0.2) is 9.97 Å². The van der Waals surface area contributed by atoms with Crippen LogP contribution in [0, 0.1) is 0 Å². The van der Waals surface area contributed by atoms with Crippen molar-refractivity contribution in [3.05, 3.63) is 46.2 Å². The summed E-state index contributed by atoms with van der Waals surface area (Å²) in [7, 11) is 3.69. The minimum absolute atomic E-state index is 0.0189. The first-order valence-corrected chi connectivity index (χ1v) is 10.7. The Morgan fingerprint density at radius 2 is 2.17 bits per heavy atom. The molecule has 0 radical (unpaired) electrons. The molecule has 1 aliphatic rings. The number of hydrogen-bond donors (Lipinski definition) is 1. The summed E-state index contributed by atoms with van der Waals surface area (Å²) in [5, 5.41) is 4.66. The third-order valence-electron chi connectivity index (χ3n) is 4.89. The van der Waals surface area contributed by atoms with Gasteiger partial charge in [-0.2, -0.15) is 0 Å². The quantitative estimate of drug-likeness (QED) is 0.542. The smallest absolute Gasteiger partial charge is 0.163 e. The van der Waals surface area contributed by atoms with E-state index in [1.807, 2.05) is 30.3 Å². The summed E-state index contributed by atoms with van der Waals surface area (Å²) in [5.74, 6) is 1.85. The van der Waals surface area contributed by atoms with Crippen molar-refractivity contribution in [3.63, 3.8) is 0 Å². The number of methoxy groups -OCH3 is 1. The molecule has 9 heteroatoms. The van der Waals surface area contributed by atoms with Crippen molar-refractivity contribution in [1.29, 1.82) is 0 Å². The van der Waals surface area contributed by atoms with Crippen LogP contribution in [-0.4, -0.2) is 61.4 Å². The minimum Gasteiger partial charge on any atom is -0.493 e. The molecule has 4 rings (SSSR count). The molecule has 30 heavy (non-hydrogen) atoms. The summed E-state index contributed by atoms with van der Waals surface area (Å²) in [5.41, 5.74) is 1.47. The van der Waals surface area contributed by atoms with Gasteiger partial charge in [0.1, 0.15) is 24.9 Å². The number of morpholine rings is 1. The Balaban J connectivity index is 1.61. The lowest BCUT2D eigenvalue weighted by molar-refractivity contribution is -0.0406. The van der Waals surface area contributed by atoms with Crippen molar-refractivity contribution in [2.75, 3.05) is 45.8 Å². The number of fused-ring (bicyclic) bond motifs is 1. The standard InChI is InChI=1S/C21H22BrClN4O3/c1-27-6-7-29-13(10-27)11-30-19-9-17-14(8-18(19)28-2)21(25-12-24-17)26-16-5-3-4-15(22)20(16)23/h3-5,8-9,12-13H,6-7,10-11H2,1-2H3,(H,24,25,26). The van der Waals surface area contributed by atoms with Gasteiger partial charge >= 0.3 is 0 Å². The van der Waals surface area contributed by atoms with Crippen molar-refractivity contribution in [3.8, 4) is 11.5 Å². The number of nitrogens with one attached hydrogen (secondary N) is 1. The Hall–Kier alpha value is -2.13. The van der Waals surface area contributed by atoms with E-state index < -0.39 is 0 Å². The number of rotatable bonds is 6. The summed E-state index contributed by atoms with van der Waals surface area (Å²) in [4.78, 5) is 11.0. The lowest BCUT2D eigenvalue weighted by Crippen LogP contribution is -2.42. The molecule has 3 aromatic rings. The molecule has 158 valence electrons. The summed E-state index contributed by atoms with van der Waals surface area (Å²) in [6, 6.07) is 9.39. The van der Waals surface area contributed by atoms with Gasteiger partial charge in [-0.05, 0) is 41.2 Å². The highest BCUT2D eigenvalue weighted by molar-refractivity contribution is 9.10. The van der Waals surface area contributed by atoms with Crippen LogP contribution >= 0.6 is 27.5 Å². The lowest BCUT2D eigenvalue weighted by Gasteiger charge is -2.30. The van der Waals surface area contributed by atoms with E-state index in [1.54, 1.807) is 7.11 Å². The van der Waals surface area contributed by atoms with Crippen LogP contribution in [0.2, 0.25) is 5.02 Å². The van der Waals surface area contributed by atoms with Gasteiger partial charge in [-0.3, -0.25) is 0 Å². The molecule has 0 amide bonds. The number of hydrogen-bond acceptors (Lipinski definition) is 7. The maximum Gasteiger partial charge on any atom is 0.163 e. The maximum absolute atomic E-state index is 6.39. The highest BCUT2D eigenvalue weighted by Gasteiger charge is 2.20. The minimum atomic E-state index is 0.0189. The van der Waals surface area contributed by atoms with Crippen molar-refractivity contribution in [2.24, 2.45) is 0 Å². The zero-order valence-corrected chi connectivity index (χ0v) is 19.0. The SMILES string of the molecule is COc1cc2c(Nc3cccc(Br)c3Cl)ncnc2cc1OCC1CN(C)CCO1. The molecule has 0 bridgehead atoms. The predicted octanol–water partition coefficient (Wildman–Crippen LogP) is 4.51. The van der Waals surface area contributed by atoms with Crippen molar-refractivity contribution in [2.45, 2.75) is 6.10 Å². The highest BCUT2D eigenvalue weighted by atomic mass is 79.9. The largest absolute Gasteiger partial charge is 0.493 e. The molecule has 0 aliphatic carbocycles. The summed E-state index contributed by atoms with van der Waals surface area (Å²) < 4.78 is 18.2. The average Bonchev–Trinajstić information content (AvgIpc) is 2.75. The molecule has 2 aromatic carbocycles. The van der Waals surface area contributed by atoms with Crippen LogP contribution in [-0.2, 0) is 4.74 Å². The summed E-state index contributed by atoms with van der Waals surface area (Å²) in [6.07, 6.45) is 1.52. The average molecular weight is 494 g/mol. The molecule has 0 spiro atoms. The van der Waals surface area contributed by atoms with Crippen LogP contribution in [0.1, 0.15) is 0 Å². The Labute approximate surface area is 188 Å². The van der Waals surface area contributed by atoms with E-state index in [-0.39, 0.29) is 6.10 Å². The van der Waals surface area contributed by atoms with Crippen molar-refractivity contribution >= 4 is 49.9 Å². The van der Waals surface area contributed by atoms with E-state index in [9.17, 15) is 0 Å². The predicted molar refractivity (Wildman–Crippen MR) is 121 cm³/mol. The van der Waals surface area contributed by atoms with E-state index in [2.05, 4.69) is 43.2 Å². The zero-order valence-electron chi connectivity index (χ0n) is 16.7. The topological polar surface area (TPSA) is 68.7 Å². The van der Waals surface area contributed by atoms with E-state index >= 15 is 0 Å². The van der Waals surface area contributed by atoms with Crippen LogP contribution < -0.4 is 14.8 Å². The fraction of sp³-hybridized carbons (Fsp3) is 0.333. The molecular weight excluding hydrogens is 472 g/mol. The van der Waals surface area contributed by atoms with Gasteiger partial charge in [-0.1, -0.05) is 17.7 Å². The normalized spacial score (nSPS) is 17.1. The maximum atomic E-state index is 6.39. The molecule has 1 fully saturated rings. The Bertz CT molecular complexity index is 1050. The molecule has 0 saturated carbocycles. The van der Waals surface area contributed by atoms with E-state index in [0.717, 1.165) is 34.2 Å². The second-order valence-electron chi connectivity index (χ2n) is 7.03. The number of nitrogens with zero attached hydrogens (tertiary/aromatic N) is 3. The monoisotopic (exact) mass is 492 g/mol. The molecule has 2 heterocycles. The number of benzene rings is 2. The number of halogens is 2. The van der Waals surface area contributed by atoms with Crippen LogP contribution in [0.25, 0.3) is 10.9 Å². The van der Waals surface area contributed by atoms with Gasteiger partial charge in [0.05, 0.1) is 29.9 Å². The van der Waals surface area contributed by atoms with Crippen LogP contribution in [0.4, 0.5) is 11.5 Å². The van der Waals surface area contributed by atoms with Gasteiger partial charge in [0.2, 0.25) is 0 Å². The first kappa shape index (κ1) is 21.1. The lowest BCUT2D eigenvalue weighted by atomic mass is 10.2. The third-order valence-corrected chi connectivity index (χ3v) is 6.19. The van der Waals surface area contributed by atoms with Gasteiger partial charge in [0, 0.05) is 29.0 Å². The first-order valence-electron chi connectivity index (χ1n) is 9.52. The van der Waals surface area contributed by atoms with Gasteiger partial charge in [-0.15, -0.1) is 0 Å². The molecule has 7 nitrogen and oxygen atoms in total. The molecular formula is C21H22BrClN4O3. The van der Waals surface area contributed by atoms with Crippen molar-refractivity contribution < 1.29 is 14.2 Å². The highest BCUT2D eigenvalue weighted by Crippen LogP contribution is 2.37. The van der Waals surface area contributed by atoms with Gasteiger partial charge in [0.15, 0.2) is 11.5 Å². The van der Waals surface area contributed by atoms with Crippen LogP contribution in [0.3, 0.4) is 0 Å². The fourth-order valence-electron chi connectivity index (χ4n) is 3.31. The van der Waals surface area contributed by atoms with Gasteiger partial charge in [0.25, 0.3) is 0 Å². The number of aromatic nitrogens is 2. The van der Waals surface area contributed by atoms with Crippen molar-refractivity contribution in [1.82, 2.24) is 14.9 Å². The molecule has 1 saturated heterocycles. The molecule has 1 N–H and O–H groups in total. The summed E-state index contributed by atoms with van der Waals surface area (Å²) in [6.45, 7) is 2.92. The van der Waals surface area contributed by atoms with E-state index in [4.69, 9.17) is 25.8 Å². The second-order valence-corrected chi connectivity index (χ2v) is 8.27. The van der Waals surface area contributed by atoms with Gasteiger partial charge < -0.3 is 24.4 Å². The first-order chi connectivity index (χ1) is 14.5. The zero-order chi connectivity index (χ0) is 21.1. The second kappa shape index (κ2) is 9.34. The molecule has 1 unspecified atom stereocenters. The number of anilines is 2. The number of ether oxygens (including phenoxy) is 3. The Kier molecular flexibility index (Phi) is 6.58. The van der Waals surface area contributed by atoms with Crippen LogP contribution in [0.5, 0.6) is 11.5 Å². The van der Waals surface area contributed by atoms with E-state index in [0.29, 0.717) is 35.6 Å². The van der Waals surface area contributed by atoms with E-state index in [1.165, 1.54) is 6.33 Å². The molecule has 1 aliphatic heterocycles. The fourth-order valence-corrected chi connectivity index (χ4v) is 3.85. The molecule has 1 atom stereocenters. The molecule has 1 aromatic heterocycles. The Morgan fingerprint density at radius 1 is 1.30 bits per heavy atom.